The Kier molecular flexibility index (Phi) is 5.39. The maximum absolute atomic E-state index is 12.2. The number of anilines is 1. The Hall–Kier alpha value is -2.07. The van der Waals surface area contributed by atoms with Crippen LogP contribution in [-0.2, 0) is 4.79 Å². The molecule has 2 aromatic rings. The molecule has 0 aromatic heterocycles. The Balaban J connectivity index is 1.96. The van der Waals surface area contributed by atoms with Crippen LogP contribution >= 0.6 is 11.8 Å². The molecule has 0 unspecified atom stereocenters. The van der Waals surface area contributed by atoms with Crippen molar-refractivity contribution in [2.24, 2.45) is 0 Å². The minimum Gasteiger partial charge on any atom is -0.326 e. The van der Waals surface area contributed by atoms with Gasteiger partial charge in [-0.2, -0.15) is 0 Å². The number of rotatable bonds is 5. The third-order valence-corrected chi connectivity index (χ3v) is 4.37. The molecule has 1 N–H and O–H groups in total. The third-order valence-electron chi connectivity index (χ3n) is 3.38. The molecule has 114 valence electrons. The first-order valence-electron chi connectivity index (χ1n) is 7.06. The summed E-state index contributed by atoms with van der Waals surface area (Å²) in [6.07, 6.45) is 0. The van der Waals surface area contributed by atoms with E-state index in [9.17, 15) is 9.59 Å². The van der Waals surface area contributed by atoms with Crippen LogP contribution in [-0.4, -0.2) is 17.4 Å². The summed E-state index contributed by atoms with van der Waals surface area (Å²) in [7, 11) is 0. The molecule has 4 heteroatoms. The van der Waals surface area contributed by atoms with Gasteiger partial charge in [0.15, 0.2) is 5.78 Å². The normalized spacial score (nSPS) is 10.3. The third kappa shape index (κ3) is 4.46. The van der Waals surface area contributed by atoms with Gasteiger partial charge in [0.05, 0.1) is 5.75 Å². The van der Waals surface area contributed by atoms with Gasteiger partial charge in [0.2, 0.25) is 5.91 Å². The van der Waals surface area contributed by atoms with Gasteiger partial charge < -0.3 is 5.32 Å². The largest absolute Gasteiger partial charge is 0.326 e. The van der Waals surface area contributed by atoms with Gasteiger partial charge >= 0.3 is 0 Å². The van der Waals surface area contributed by atoms with Crippen LogP contribution in [0.3, 0.4) is 0 Å². The first-order valence-corrected chi connectivity index (χ1v) is 8.05. The second kappa shape index (κ2) is 7.27. The summed E-state index contributed by atoms with van der Waals surface area (Å²) in [6, 6.07) is 13.2. The number of thioether (sulfide) groups is 1. The van der Waals surface area contributed by atoms with E-state index in [1.807, 2.05) is 6.07 Å². The first-order chi connectivity index (χ1) is 10.5. The molecule has 2 aromatic carbocycles. The number of aryl methyl sites for hydroxylation is 2. The van der Waals surface area contributed by atoms with Gasteiger partial charge in [-0.05, 0) is 61.4 Å². The number of carbonyl (C=O) groups is 2. The quantitative estimate of drug-likeness (QED) is 0.663. The van der Waals surface area contributed by atoms with Gasteiger partial charge in [0.25, 0.3) is 0 Å². The van der Waals surface area contributed by atoms with Crippen molar-refractivity contribution in [1.82, 2.24) is 0 Å². The van der Waals surface area contributed by atoms with E-state index in [2.05, 4.69) is 31.3 Å². The number of nitrogens with one attached hydrogen (secondary N) is 1. The SMILES string of the molecule is CC(=O)Nc1ccc(C(=O)CSc2ccc(C)c(C)c2)cc1. The number of hydrogen-bond donors (Lipinski definition) is 1. The highest BCUT2D eigenvalue weighted by Crippen LogP contribution is 2.22. The van der Waals surface area contributed by atoms with Gasteiger partial charge in [-0.15, -0.1) is 11.8 Å². The number of amides is 1. The minimum atomic E-state index is -0.121. The summed E-state index contributed by atoms with van der Waals surface area (Å²) < 4.78 is 0. The molecule has 3 nitrogen and oxygen atoms in total. The number of Topliss-reactive ketones (excluding diaryl/α,β-unsaturated/α-hetero) is 1. The Labute approximate surface area is 135 Å². The van der Waals surface area contributed by atoms with Crippen molar-refractivity contribution in [2.45, 2.75) is 25.7 Å². The fraction of sp³-hybridized carbons (Fsp3) is 0.222. The van der Waals surface area contributed by atoms with Crippen molar-refractivity contribution < 1.29 is 9.59 Å². The lowest BCUT2D eigenvalue weighted by molar-refractivity contribution is -0.114. The van der Waals surface area contributed by atoms with Crippen molar-refractivity contribution in [3.8, 4) is 0 Å². The molecular formula is C18H19NO2S. The lowest BCUT2D eigenvalue weighted by Gasteiger charge is -2.06. The predicted molar refractivity (Wildman–Crippen MR) is 91.7 cm³/mol. The molecule has 0 atom stereocenters. The summed E-state index contributed by atoms with van der Waals surface area (Å²) >= 11 is 1.54. The van der Waals surface area contributed by atoms with Crippen LogP contribution in [0.5, 0.6) is 0 Å². The molecule has 0 radical (unpaired) electrons. The minimum absolute atomic E-state index is 0.0811. The van der Waals surface area contributed by atoms with E-state index >= 15 is 0 Å². The first kappa shape index (κ1) is 16.3. The van der Waals surface area contributed by atoms with Crippen molar-refractivity contribution in [3.63, 3.8) is 0 Å². The van der Waals surface area contributed by atoms with Crippen LogP contribution in [0.15, 0.2) is 47.4 Å². The molecular weight excluding hydrogens is 294 g/mol. The molecule has 0 heterocycles. The topological polar surface area (TPSA) is 46.2 Å². The molecule has 0 aliphatic heterocycles. The van der Waals surface area contributed by atoms with Crippen LogP contribution in [0.4, 0.5) is 5.69 Å². The van der Waals surface area contributed by atoms with Crippen LogP contribution in [0.1, 0.15) is 28.4 Å². The maximum atomic E-state index is 12.2. The monoisotopic (exact) mass is 313 g/mol. The molecule has 2 rings (SSSR count). The van der Waals surface area contributed by atoms with E-state index in [1.54, 1.807) is 36.0 Å². The second-order valence-corrected chi connectivity index (χ2v) is 6.27. The standard InChI is InChI=1S/C18H19NO2S/c1-12-4-9-17(10-13(12)2)22-11-18(21)15-5-7-16(8-6-15)19-14(3)20/h4-10H,11H2,1-3H3,(H,19,20). The molecule has 0 fully saturated rings. The van der Waals surface area contributed by atoms with Crippen LogP contribution in [0, 0.1) is 13.8 Å². The smallest absolute Gasteiger partial charge is 0.221 e. The van der Waals surface area contributed by atoms with Crippen molar-refractivity contribution in [1.29, 1.82) is 0 Å². The maximum Gasteiger partial charge on any atom is 0.221 e. The molecule has 0 bridgehead atoms. The molecule has 0 spiro atoms. The van der Waals surface area contributed by atoms with Crippen molar-refractivity contribution >= 4 is 29.1 Å². The molecule has 0 saturated heterocycles. The predicted octanol–water partition coefficient (Wildman–Crippen LogP) is 4.24. The average Bonchev–Trinajstić information content (AvgIpc) is 2.48. The Morgan fingerprint density at radius 2 is 1.68 bits per heavy atom. The Morgan fingerprint density at radius 1 is 1.00 bits per heavy atom. The zero-order valence-corrected chi connectivity index (χ0v) is 13.8. The van der Waals surface area contributed by atoms with E-state index in [-0.39, 0.29) is 11.7 Å². The van der Waals surface area contributed by atoms with Crippen LogP contribution in [0.25, 0.3) is 0 Å². The summed E-state index contributed by atoms with van der Waals surface area (Å²) in [4.78, 5) is 24.3. The molecule has 0 saturated carbocycles. The van der Waals surface area contributed by atoms with Gasteiger partial charge in [-0.25, -0.2) is 0 Å². The fourth-order valence-corrected chi connectivity index (χ4v) is 2.87. The fourth-order valence-electron chi connectivity index (χ4n) is 1.98. The highest BCUT2D eigenvalue weighted by Gasteiger charge is 2.07. The number of carbonyl (C=O) groups excluding carboxylic acids is 2. The second-order valence-electron chi connectivity index (χ2n) is 5.22. The summed E-state index contributed by atoms with van der Waals surface area (Å²) in [5.41, 5.74) is 3.85. The van der Waals surface area contributed by atoms with Crippen LogP contribution < -0.4 is 5.32 Å². The highest BCUT2D eigenvalue weighted by atomic mass is 32.2. The molecule has 0 aliphatic rings. The number of benzene rings is 2. The van der Waals surface area contributed by atoms with E-state index in [1.165, 1.54) is 18.1 Å². The van der Waals surface area contributed by atoms with Crippen LogP contribution in [0.2, 0.25) is 0 Å². The molecule has 22 heavy (non-hydrogen) atoms. The number of hydrogen-bond acceptors (Lipinski definition) is 3. The molecule has 0 aliphatic carbocycles. The highest BCUT2D eigenvalue weighted by molar-refractivity contribution is 8.00. The average molecular weight is 313 g/mol. The van der Waals surface area contributed by atoms with Gasteiger partial charge in [-0.1, -0.05) is 6.07 Å². The van der Waals surface area contributed by atoms with E-state index in [0.717, 1.165) is 4.90 Å². The van der Waals surface area contributed by atoms with Gasteiger partial charge in [0, 0.05) is 23.1 Å². The summed E-state index contributed by atoms with van der Waals surface area (Å²) in [5, 5.41) is 2.68. The van der Waals surface area contributed by atoms with Gasteiger partial charge in [-0.3, -0.25) is 9.59 Å². The number of ketones is 1. The summed E-state index contributed by atoms with van der Waals surface area (Å²) in [5.74, 6) is 0.365. The van der Waals surface area contributed by atoms with E-state index in [4.69, 9.17) is 0 Å². The lowest BCUT2D eigenvalue weighted by Crippen LogP contribution is -2.07. The van der Waals surface area contributed by atoms with Crippen molar-refractivity contribution in [3.05, 3.63) is 59.2 Å². The Bertz CT molecular complexity index is 693. The van der Waals surface area contributed by atoms with E-state index in [0.29, 0.717) is 17.0 Å². The molecule has 1 amide bonds. The lowest BCUT2D eigenvalue weighted by atomic mass is 10.1. The zero-order chi connectivity index (χ0) is 16.1. The van der Waals surface area contributed by atoms with E-state index < -0.39 is 0 Å². The van der Waals surface area contributed by atoms with Gasteiger partial charge in [0.1, 0.15) is 0 Å². The zero-order valence-electron chi connectivity index (χ0n) is 13.0. The summed E-state index contributed by atoms with van der Waals surface area (Å²) in [6.45, 7) is 5.60. The van der Waals surface area contributed by atoms with Crippen molar-refractivity contribution in [2.75, 3.05) is 11.1 Å². The Morgan fingerprint density at radius 3 is 2.27 bits per heavy atom.